The minimum Gasteiger partial charge on any atom is -0.495 e. The van der Waals surface area contributed by atoms with E-state index in [-0.39, 0.29) is 12.1 Å². The quantitative estimate of drug-likeness (QED) is 0.297. The zero-order valence-corrected chi connectivity index (χ0v) is 22.9. The van der Waals surface area contributed by atoms with Crippen LogP contribution in [0.15, 0.2) is 60.8 Å². The summed E-state index contributed by atoms with van der Waals surface area (Å²) in [6.45, 7) is 5.15. The number of nitrogens with zero attached hydrogens (tertiary/aromatic N) is 2. The Morgan fingerprint density at radius 3 is 2.68 bits per heavy atom. The molecule has 1 aliphatic heterocycles. The predicted molar refractivity (Wildman–Crippen MR) is 152 cm³/mol. The molecule has 6 rings (SSSR count). The number of methoxy groups -OCH3 is 1. The van der Waals surface area contributed by atoms with E-state index in [0.29, 0.717) is 24.6 Å². The Balaban J connectivity index is 1.47. The molecular weight excluding hydrogens is 494 g/mol. The van der Waals surface area contributed by atoms with E-state index in [4.69, 9.17) is 9.47 Å². The fraction of sp³-hybridized carbons (Fsp3) is 0.323. The molecule has 2 amide bonds. The number of rotatable bonds is 5. The van der Waals surface area contributed by atoms with Crippen LogP contribution in [0.1, 0.15) is 58.6 Å². The Labute approximate surface area is 227 Å². The molecule has 196 valence electrons. The van der Waals surface area contributed by atoms with E-state index in [1.165, 1.54) is 33.8 Å². The second kappa shape index (κ2) is 10.2. The van der Waals surface area contributed by atoms with E-state index >= 15 is 0 Å². The van der Waals surface area contributed by atoms with Gasteiger partial charge >= 0.3 is 6.03 Å². The highest BCUT2D eigenvalue weighted by atomic mass is 32.1. The summed E-state index contributed by atoms with van der Waals surface area (Å²) in [5.74, 6) is 1.47. The van der Waals surface area contributed by atoms with Crippen molar-refractivity contribution in [2.24, 2.45) is 0 Å². The Hall–Kier alpha value is -3.71. The van der Waals surface area contributed by atoms with Crippen molar-refractivity contribution in [2.45, 2.75) is 52.1 Å². The Morgan fingerprint density at radius 1 is 1.08 bits per heavy atom. The van der Waals surface area contributed by atoms with Crippen molar-refractivity contribution in [1.29, 1.82) is 0 Å². The number of ether oxygens (including phenoxy) is 2. The van der Waals surface area contributed by atoms with Crippen LogP contribution in [0, 0.1) is 6.92 Å². The summed E-state index contributed by atoms with van der Waals surface area (Å²) in [5, 5.41) is 4.44. The maximum atomic E-state index is 14.2. The molecule has 1 N–H and O–H groups in total. The SMILES string of the molecule is CCOc1ccc([C@@H]2c3cccn3-c3sc4c(c3CN2C(=O)Nc2cc(C)ccc2OC)CCCC4)cc1. The highest BCUT2D eigenvalue weighted by Gasteiger charge is 2.36. The maximum Gasteiger partial charge on any atom is 0.323 e. The Morgan fingerprint density at radius 2 is 1.89 bits per heavy atom. The number of hydrogen-bond donors (Lipinski definition) is 1. The molecule has 0 saturated heterocycles. The fourth-order valence-electron chi connectivity index (χ4n) is 5.76. The second-order valence-corrected chi connectivity index (χ2v) is 11.0. The number of urea groups is 1. The van der Waals surface area contributed by atoms with E-state index < -0.39 is 0 Å². The van der Waals surface area contributed by atoms with Gasteiger partial charge in [-0.3, -0.25) is 0 Å². The number of amides is 2. The molecule has 7 heteroatoms. The lowest BCUT2D eigenvalue weighted by Gasteiger charge is -2.31. The molecule has 0 unspecified atom stereocenters. The Bertz CT molecular complexity index is 1470. The molecule has 2 aromatic carbocycles. The number of anilines is 1. The molecule has 2 aliphatic rings. The van der Waals surface area contributed by atoms with Crippen LogP contribution in [-0.4, -0.2) is 29.2 Å². The first kappa shape index (κ1) is 24.6. The van der Waals surface area contributed by atoms with Gasteiger partial charge < -0.3 is 24.3 Å². The molecule has 0 bridgehead atoms. The van der Waals surface area contributed by atoms with Gasteiger partial charge in [-0.1, -0.05) is 18.2 Å². The lowest BCUT2D eigenvalue weighted by Crippen LogP contribution is -2.38. The van der Waals surface area contributed by atoms with Crippen LogP contribution in [0.2, 0.25) is 0 Å². The van der Waals surface area contributed by atoms with Crippen LogP contribution in [0.5, 0.6) is 11.5 Å². The molecule has 1 aliphatic carbocycles. The Kier molecular flexibility index (Phi) is 6.62. The number of fused-ring (bicyclic) bond motifs is 5. The predicted octanol–water partition coefficient (Wildman–Crippen LogP) is 7.27. The zero-order chi connectivity index (χ0) is 26.2. The highest BCUT2D eigenvalue weighted by Crippen LogP contribution is 2.44. The molecule has 1 atom stereocenters. The molecule has 38 heavy (non-hydrogen) atoms. The summed E-state index contributed by atoms with van der Waals surface area (Å²) < 4.78 is 13.6. The smallest absolute Gasteiger partial charge is 0.323 e. The van der Waals surface area contributed by atoms with Crippen LogP contribution in [0.25, 0.3) is 5.00 Å². The molecule has 0 spiro atoms. The van der Waals surface area contributed by atoms with Crippen molar-refractivity contribution in [2.75, 3.05) is 19.0 Å². The van der Waals surface area contributed by atoms with E-state index in [9.17, 15) is 4.79 Å². The third-order valence-corrected chi connectivity index (χ3v) is 8.88. The minimum absolute atomic E-state index is 0.149. The summed E-state index contributed by atoms with van der Waals surface area (Å²) >= 11 is 1.90. The van der Waals surface area contributed by atoms with Crippen LogP contribution < -0.4 is 14.8 Å². The largest absolute Gasteiger partial charge is 0.495 e. The van der Waals surface area contributed by atoms with Gasteiger partial charge in [0.05, 0.1) is 37.7 Å². The van der Waals surface area contributed by atoms with Crippen molar-refractivity contribution >= 4 is 23.1 Å². The lowest BCUT2D eigenvalue weighted by molar-refractivity contribution is 0.194. The van der Waals surface area contributed by atoms with Gasteiger partial charge in [-0.25, -0.2) is 4.79 Å². The third-order valence-electron chi connectivity index (χ3n) is 7.54. The first-order valence-electron chi connectivity index (χ1n) is 13.3. The molecule has 2 aromatic heterocycles. The van der Waals surface area contributed by atoms with Gasteiger partial charge in [0, 0.05) is 16.6 Å². The van der Waals surface area contributed by atoms with Crippen molar-refractivity contribution in [3.8, 4) is 16.5 Å². The van der Waals surface area contributed by atoms with E-state index in [2.05, 4.69) is 40.3 Å². The first-order valence-corrected chi connectivity index (χ1v) is 14.1. The summed E-state index contributed by atoms with van der Waals surface area (Å²) in [4.78, 5) is 17.7. The number of aromatic nitrogens is 1. The molecule has 0 fully saturated rings. The maximum absolute atomic E-state index is 14.2. The number of aryl methyl sites for hydroxylation is 2. The zero-order valence-electron chi connectivity index (χ0n) is 22.1. The second-order valence-electron chi connectivity index (χ2n) is 9.96. The normalized spacial score (nSPS) is 16.2. The third kappa shape index (κ3) is 4.35. The van der Waals surface area contributed by atoms with Crippen molar-refractivity contribution in [3.63, 3.8) is 0 Å². The molecule has 3 heterocycles. The van der Waals surface area contributed by atoms with E-state index in [1.807, 2.05) is 60.4 Å². The van der Waals surface area contributed by atoms with Crippen molar-refractivity contribution in [3.05, 3.63) is 93.6 Å². The van der Waals surface area contributed by atoms with Crippen LogP contribution >= 0.6 is 11.3 Å². The molecule has 0 saturated carbocycles. The number of carbonyl (C=O) groups is 1. The molecule has 4 aromatic rings. The highest BCUT2D eigenvalue weighted by molar-refractivity contribution is 7.15. The van der Waals surface area contributed by atoms with Crippen molar-refractivity contribution < 1.29 is 14.3 Å². The standard InChI is InChI=1S/C31H33N3O3S/c1-4-37-22-14-12-21(13-15-22)29-26-9-7-17-33(26)30-24(23-8-5-6-10-28(23)38-30)19-34(29)31(35)32-25-18-20(2)11-16-27(25)36-3/h7,9,11-18,29H,4-6,8,10,19H2,1-3H3,(H,32,35)/t29-/m1/s1. The topological polar surface area (TPSA) is 55.7 Å². The van der Waals surface area contributed by atoms with Crippen LogP contribution in [0.3, 0.4) is 0 Å². The molecule has 0 radical (unpaired) electrons. The van der Waals surface area contributed by atoms with Crippen LogP contribution in [0.4, 0.5) is 10.5 Å². The van der Waals surface area contributed by atoms with Gasteiger partial charge in [0.2, 0.25) is 0 Å². The molecule has 6 nitrogen and oxygen atoms in total. The average Bonchev–Trinajstić information content (AvgIpc) is 3.51. The van der Waals surface area contributed by atoms with Crippen LogP contribution in [-0.2, 0) is 19.4 Å². The van der Waals surface area contributed by atoms with Gasteiger partial charge in [0.25, 0.3) is 0 Å². The van der Waals surface area contributed by atoms with Gasteiger partial charge in [0.1, 0.15) is 16.5 Å². The minimum atomic E-state index is -0.268. The van der Waals surface area contributed by atoms with E-state index in [0.717, 1.165) is 35.4 Å². The summed E-state index contributed by atoms with van der Waals surface area (Å²) in [7, 11) is 1.63. The fourth-order valence-corrected chi connectivity index (χ4v) is 7.16. The summed E-state index contributed by atoms with van der Waals surface area (Å²) in [6.07, 6.45) is 6.77. The number of benzene rings is 2. The number of hydrogen-bond acceptors (Lipinski definition) is 4. The molecular formula is C31H33N3O3S. The summed E-state index contributed by atoms with van der Waals surface area (Å²) in [6, 6.07) is 17.8. The van der Waals surface area contributed by atoms with Gasteiger partial charge in [-0.15, -0.1) is 11.3 Å². The van der Waals surface area contributed by atoms with Gasteiger partial charge in [-0.2, -0.15) is 0 Å². The van der Waals surface area contributed by atoms with E-state index in [1.54, 1.807) is 7.11 Å². The number of carbonyl (C=O) groups excluding carboxylic acids is 1. The lowest BCUT2D eigenvalue weighted by atomic mass is 9.95. The average molecular weight is 528 g/mol. The van der Waals surface area contributed by atoms with Crippen molar-refractivity contribution in [1.82, 2.24) is 9.47 Å². The summed E-state index contributed by atoms with van der Waals surface area (Å²) in [5.41, 5.74) is 6.58. The van der Waals surface area contributed by atoms with Gasteiger partial charge in [0.15, 0.2) is 0 Å². The number of nitrogens with one attached hydrogen (secondary N) is 1. The monoisotopic (exact) mass is 527 g/mol. The van der Waals surface area contributed by atoms with Gasteiger partial charge in [-0.05, 0) is 92.6 Å². The number of thiophene rings is 1. The first-order chi connectivity index (χ1) is 18.6.